The van der Waals surface area contributed by atoms with Gasteiger partial charge in [-0.25, -0.2) is 0 Å². The molecule has 2 aromatic carbocycles. The monoisotopic (exact) mass is 406 g/mol. The van der Waals surface area contributed by atoms with Crippen LogP contribution in [0, 0.1) is 0 Å². The van der Waals surface area contributed by atoms with Crippen molar-refractivity contribution in [3.05, 3.63) is 63.6 Å². The number of carbonyl (C=O) groups excluding carboxylic acids is 2. The van der Waals surface area contributed by atoms with E-state index in [2.05, 4.69) is 0 Å². The summed E-state index contributed by atoms with van der Waals surface area (Å²) in [5.41, 5.74) is 1.11. The zero-order valence-electron chi connectivity index (χ0n) is 15.0. The smallest absolute Gasteiger partial charge is 0.254 e. The highest BCUT2D eigenvalue weighted by molar-refractivity contribution is 6.42. The molecule has 3 rings (SSSR count). The third-order valence-corrected chi connectivity index (χ3v) is 5.17. The van der Waals surface area contributed by atoms with E-state index in [0.717, 1.165) is 5.75 Å². The first-order valence-corrected chi connectivity index (χ1v) is 9.51. The van der Waals surface area contributed by atoms with E-state index >= 15 is 0 Å². The van der Waals surface area contributed by atoms with Crippen LogP contribution in [0.4, 0.5) is 0 Å². The molecule has 0 bridgehead atoms. The fraction of sp³-hybridized carbons (Fsp3) is 0.300. The van der Waals surface area contributed by atoms with Gasteiger partial charge in [0.05, 0.1) is 16.7 Å². The summed E-state index contributed by atoms with van der Waals surface area (Å²) in [6.07, 6.45) is 0. The van der Waals surface area contributed by atoms with Gasteiger partial charge in [-0.3, -0.25) is 9.59 Å². The van der Waals surface area contributed by atoms with Crippen molar-refractivity contribution < 1.29 is 14.3 Å². The Hall–Kier alpha value is -2.24. The quantitative estimate of drug-likeness (QED) is 0.770. The summed E-state index contributed by atoms with van der Waals surface area (Å²) in [4.78, 5) is 28.7. The number of benzene rings is 2. The van der Waals surface area contributed by atoms with Crippen LogP contribution in [0.5, 0.6) is 5.75 Å². The van der Waals surface area contributed by atoms with Gasteiger partial charge >= 0.3 is 0 Å². The molecule has 0 aliphatic carbocycles. The van der Waals surface area contributed by atoms with Crippen molar-refractivity contribution in [2.45, 2.75) is 6.92 Å². The molecule has 0 atom stereocenters. The van der Waals surface area contributed by atoms with Gasteiger partial charge in [0.1, 0.15) is 5.75 Å². The minimum absolute atomic E-state index is 0.0420. The molecule has 5 nitrogen and oxygen atoms in total. The molecule has 7 heteroatoms. The van der Waals surface area contributed by atoms with Crippen LogP contribution in [-0.4, -0.2) is 54.4 Å². The Labute approximate surface area is 168 Å². The van der Waals surface area contributed by atoms with Gasteiger partial charge in [0, 0.05) is 37.3 Å². The van der Waals surface area contributed by atoms with E-state index < -0.39 is 0 Å². The summed E-state index contributed by atoms with van der Waals surface area (Å²) in [5, 5.41) is 0.769. The first kappa shape index (κ1) is 19.5. The third-order valence-electron chi connectivity index (χ3n) is 4.43. The lowest BCUT2D eigenvalue weighted by atomic mass is 10.1. The molecule has 0 spiro atoms. The minimum Gasteiger partial charge on any atom is -0.494 e. The molecule has 0 aromatic heterocycles. The van der Waals surface area contributed by atoms with Crippen molar-refractivity contribution in [1.82, 2.24) is 9.80 Å². The predicted octanol–water partition coefficient (Wildman–Crippen LogP) is 3.99. The van der Waals surface area contributed by atoms with Crippen LogP contribution in [0.3, 0.4) is 0 Å². The molecule has 1 saturated heterocycles. The number of piperazine rings is 1. The van der Waals surface area contributed by atoms with Crippen molar-refractivity contribution in [1.29, 1.82) is 0 Å². The van der Waals surface area contributed by atoms with Gasteiger partial charge in [-0.1, -0.05) is 23.2 Å². The molecular weight excluding hydrogens is 387 g/mol. The molecule has 0 radical (unpaired) electrons. The second-order valence-corrected chi connectivity index (χ2v) is 6.99. The van der Waals surface area contributed by atoms with Gasteiger partial charge in [0.25, 0.3) is 11.8 Å². The van der Waals surface area contributed by atoms with Crippen molar-refractivity contribution in [3.8, 4) is 5.75 Å². The van der Waals surface area contributed by atoms with Gasteiger partial charge in [-0.05, 0) is 49.4 Å². The fourth-order valence-corrected chi connectivity index (χ4v) is 3.27. The van der Waals surface area contributed by atoms with E-state index in [-0.39, 0.29) is 11.8 Å². The van der Waals surface area contributed by atoms with Crippen LogP contribution < -0.4 is 4.74 Å². The van der Waals surface area contributed by atoms with Crippen LogP contribution in [0.15, 0.2) is 42.5 Å². The number of hydrogen-bond donors (Lipinski definition) is 0. The zero-order valence-corrected chi connectivity index (χ0v) is 16.5. The second kappa shape index (κ2) is 8.63. The molecule has 142 valence electrons. The molecule has 0 N–H and O–H groups in total. The number of hydrogen-bond acceptors (Lipinski definition) is 3. The highest BCUT2D eigenvalue weighted by Crippen LogP contribution is 2.23. The molecule has 1 heterocycles. The Morgan fingerprint density at radius 3 is 1.89 bits per heavy atom. The molecule has 27 heavy (non-hydrogen) atoms. The third kappa shape index (κ3) is 4.54. The van der Waals surface area contributed by atoms with Crippen molar-refractivity contribution in [2.75, 3.05) is 32.8 Å². The van der Waals surface area contributed by atoms with Crippen molar-refractivity contribution >= 4 is 35.0 Å². The average molecular weight is 407 g/mol. The molecule has 1 aliphatic rings. The molecule has 1 aliphatic heterocycles. The van der Waals surface area contributed by atoms with Gasteiger partial charge in [-0.15, -0.1) is 0 Å². The standard InChI is InChI=1S/C20H20Cl2N2O3/c1-2-27-16-6-3-14(4-7-16)19(25)23-9-11-24(12-10-23)20(26)15-5-8-17(21)18(22)13-15/h3-8,13H,2,9-12H2,1H3. The molecule has 0 unspecified atom stereocenters. The largest absolute Gasteiger partial charge is 0.494 e. The Morgan fingerprint density at radius 2 is 1.37 bits per heavy atom. The summed E-state index contributed by atoms with van der Waals surface area (Å²) in [6, 6.07) is 12.0. The average Bonchev–Trinajstić information content (AvgIpc) is 2.70. The summed E-state index contributed by atoms with van der Waals surface area (Å²) in [6.45, 7) is 4.42. The van der Waals surface area contributed by atoms with Crippen molar-refractivity contribution in [3.63, 3.8) is 0 Å². The van der Waals surface area contributed by atoms with Crippen LogP contribution in [0.2, 0.25) is 10.0 Å². The van der Waals surface area contributed by atoms with E-state index in [1.807, 2.05) is 6.92 Å². The van der Waals surface area contributed by atoms with Crippen molar-refractivity contribution in [2.24, 2.45) is 0 Å². The zero-order chi connectivity index (χ0) is 19.4. The van der Waals surface area contributed by atoms with Crippen LogP contribution >= 0.6 is 23.2 Å². The van der Waals surface area contributed by atoms with Crippen LogP contribution in [0.1, 0.15) is 27.6 Å². The first-order valence-electron chi connectivity index (χ1n) is 8.76. The lowest BCUT2D eigenvalue weighted by Gasteiger charge is -2.35. The lowest BCUT2D eigenvalue weighted by Crippen LogP contribution is -2.50. The number of carbonyl (C=O) groups is 2. The maximum absolute atomic E-state index is 12.6. The molecule has 1 fully saturated rings. The summed E-state index contributed by atoms with van der Waals surface area (Å²) in [7, 11) is 0. The van der Waals surface area contributed by atoms with Gasteiger partial charge in [0.15, 0.2) is 0 Å². The van der Waals surface area contributed by atoms with Crippen LogP contribution in [0.25, 0.3) is 0 Å². The van der Waals surface area contributed by atoms with E-state index in [0.29, 0.717) is 54.0 Å². The Balaban J connectivity index is 1.60. The number of rotatable bonds is 4. The Kier molecular flexibility index (Phi) is 6.24. The van der Waals surface area contributed by atoms with E-state index in [1.54, 1.807) is 52.3 Å². The molecule has 0 saturated carbocycles. The minimum atomic E-state index is -0.110. The Bertz CT molecular complexity index is 832. The number of halogens is 2. The highest BCUT2D eigenvalue weighted by atomic mass is 35.5. The summed E-state index contributed by atoms with van der Waals surface area (Å²) >= 11 is 11.9. The van der Waals surface area contributed by atoms with E-state index in [9.17, 15) is 9.59 Å². The lowest BCUT2D eigenvalue weighted by molar-refractivity contribution is 0.0535. The molecular formula is C20H20Cl2N2O3. The Morgan fingerprint density at radius 1 is 0.852 bits per heavy atom. The number of amides is 2. The normalized spacial score (nSPS) is 14.2. The predicted molar refractivity (Wildman–Crippen MR) is 106 cm³/mol. The topological polar surface area (TPSA) is 49.9 Å². The van der Waals surface area contributed by atoms with Gasteiger partial charge < -0.3 is 14.5 Å². The highest BCUT2D eigenvalue weighted by Gasteiger charge is 2.25. The molecule has 2 amide bonds. The van der Waals surface area contributed by atoms with E-state index in [1.165, 1.54) is 0 Å². The number of nitrogens with zero attached hydrogens (tertiary/aromatic N) is 2. The van der Waals surface area contributed by atoms with Gasteiger partial charge in [0.2, 0.25) is 0 Å². The maximum atomic E-state index is 12.6. The van der Waals surface area contributed by atoms with Crippen LogP contribution in [-0.2, 0) is 0 Å². The van der Waals surface area contributed by atoms with Gasteiger partial charge in [-0.2, -0.15) is 0 Å². The SMILES string of the molecule is CCOc1ccc(C(=O)N2CCN(C(=O)c3ccc(Cl)c(Cl)c3)CC2)cc1. The summed E-state index contributed by atoms with van der Waals surface area (Å²) < 4.78 is 5.40. The second-order valence-electron chi connectivity index (χ2n) is 6.17. The summed E-state index contributed by atoms with van der Waals surface area (Å²) in [5.74, 6) is 0.590. The molecule has 2 aromatic rings. The number of ether oxygens (including phenoxy) is 1. The maximum Gasteiger partial charge on any atom is 0.254 e. The first-order chi connectivity index (χ1) is 13.0. The van der Waals surface area contributed by atoms with E-state index in [4.69, 9.17) is 27.9 Å². The fourth-order valence-electron chi connectivity index (χ4n) is 2.97.